The molecule has 136 valence electrons. The van der Waals surface area contributed by atoms with Crippen LogP contribution >= 0.6 is 0 Å². The first-order valence-corrected chi connectivity index (χ1v) is 7.35. The van der Waals surface area contributed by atoms with Crippen LogP contribution in [0.4, 0.5) is 0 Å². The van der Waals surface area contributed by atoms with Crippen molar-refractivity contribution in [1.82, 2.24) is 10.0 Å². The van der Waals surface area contributed by atoms with E-state index in [2.05, 4.69) is 10.2 Å². The van der Waals surface area contributed by atoms with E-state index in [1.807, 2.05) is 40.3 Å². The van der Waals surface area contributed by atoms with Crippen LogP contribution in [0.1, 0.15) is 11.1 Å². The quantitative estimate of drug-likeness (QED) is 0.449. The van der Waals surface area contributed by atoms with Gasteiger partial charge in [-0.2, -0.15) is 10.2 Å². The minimum absolute atomic E-state index is 0. The molecule has 25 heavy (non-hydrogen) atoms. The van der Waals surface area contributed by atoms with Crippen LogP contribution in [-0.4, -0.2) is 50.6 Å². The second kappa shape index (κ2) is 12.1. The van der Waals surface area contributed by atoms with Gasteiger partial charge in [0, 0.05) is 28.2 Å². The summed E-state index contributed by atoms with van der Waals surface area (Å²) in [5.74, 6) is 0.00574. The number of hydrogen-bond donors (Lipinski definition) is 0. The van der Waals surface area contributed by atoms with E-state index in [1.54, 1.807) is 46.7 Å². The molecule has 0 aliphatic carbocycles. The topological polar surface area (TPSA) is 77.3 Å². The number of rotatable bonds is 4. The first-order valence-electron chi connectivity index (χ1n) is 7.35. The molecular weight excluding hydrogens is 499 g/mol. The van der Waals surface area contributed by atoms with Gasteiger partial charge in [-0.05, 0) is 11.1 Å². The summed E-state index contributed by atoms with van der Waals surface area (Å²) < 4.78 is 0. The number of hydrazone groups is 2. The van der Waals surface area contributed by atoms with Gasteiger partial charge in [-0.1, -0.05) is 60.0 Å². The fourth-order valence-electron chi connectivity index (χ4n) is 1.53. The Balaban J connectivity index is 0.000000443. The maximum atomic E-state index is 11.1. The van der Waals surface area contributed by atoms with E-state index in [4.69, 9.17) is 0 Å². The van der Waals surface area contributed by atoms with Crippen molar-refractivity contribution in [2.75, 3.05) is 28.2 Å². The first-order chi connectivity index (χ1) is 11.4. The molecule has 7 heteroatoms. The van der Waals surface area contributed by atoms with Crippen LogP contribution in [-0.2, 0) is 21.1 Å². The van der Waals surface area contributed by atoms with Crippen molar-refractivity contribution in [2.45, 2.75) is 0 Å². The number of para-hydroxylation sites is 2. The van der Waals surface area contributed by atoms with Crippen LogP contribution in [0.5, 0.6) is 11.5 Å². The Morgan fingerprint density at radius 3 is 1.28 bits per heavy atom. The van der Waals surface area contributed by atoms with Gasteiger partial charge in [-0.3, -0.25) is 0 Å². The van der Waals surface area contributed by atoms with Crippen LogP contribution < -0.4 is 10.2 Å². The van der Waals surface area contributed by atoms with Gasteiger partial charge in [0.05, 0.1) is 12.4 Å². The fraction of sp³-hybridized carbons (Fsp3) is 0.222. The van der Waals surface area contributed by atoms with Gasteiger partial charge in [0.2, 0.25) is 0 Å². The monoisotopic (exact) mass is 521 g/mol. The second-order valence-corrected chi connectivity index (χ2v) is 5.26. The van der Waals surface area contributed by atoms with E-state index in [0.29, 0.717) is 11.1 Å². The molecule has 6 nitrogen and oxygen atoms in total. The average Bonchev–Trinajstić information content (AvgIpc) is 2.54. The van der Waals surface area contributed by atoms with Crippen LogP contribution in [0.15, 0.2) is 58.7 Å². The maximum Gasteiger partial charge on any atom is 2.00 e. The molecular formula is C18H22N4O2Pt. The maximum absolute atomic E-state index is 11.1. The Hall–Kier alpha value is -2.33. The van der Waals surface area contributed by atoms with Gasteiger partial charge in [0.15, 0.2) is 0 Å². The SMILES string of the molecule is CN(C)/N=C/c1ccccc1[O-].CN(C)/N=C/c1ccccc1[O-].[Pt+2]. The Bertz CT molecular complexity index is 629. The van der Waals surface area contributed by atoms with Crippen molar-refractivity contribution >= 4 is 12.4 Å². The fourth-order valence-corrected chi connectivity index (χ4v) is 1.53. The van der Waals surface area contributed by atoms with Crippen LogP contribution in [0, 0.1) is 0 Å². The standard InChI is InChI=1S/2C9H12N2O.Pt/c2*1-11(2)10-7-8-5-3-4-6-9(8)12;/h2*3-7,12H,1-2H3;/q;;+2/p-2/b2*10-7+;. The summed E-state index contributed by atoms with van der Waals surface area (Å²) in [5.41, 5.74) is 1.23. The third-order valence-electron chi connectivity index (χ3n) is 2.69. The summed E-state index contributed by atoms with van der Waals surface area (Å²) in [4.78, 5) is 0. The van der Waals surface area contributed by atoms with E-state index in [1.165, 1.54) is 12.1 Å². The summed E-state index contributed by atoms with van der Waals surface area (Å²) in [6, 6.07) is 13.6. The van der Waals surface area contributed by atoms with Crippen molar-refractivity contribution in [2.24, 2.45) is 10.2 Å². The predicted molar refractivity (Wildman–Crippen MR) is 94.3 cm³/mol. The molecule has 0 aliphatic rings. The van der Waals surface area contributed by atoms with Crippen molar-refractivity contribution < 1.29 is 31.3 Å². The molecule has 0 heterocycles. The van der Waals surface area contributed by atoms with E-state index >= 15 is 0 Å². The molecule has 0 saturated heterocycles. The molecule has 0 aliphatic heterocycles. The summed E-state index contributed by atoms with van der Waals surface area (Å²) in [5, 5.41) is 33.5. The summed E-state index contributed by atoms with van der Waals surface area (Å²) in [6.45, 7) is 0. The molecule has 2 aromatic carbocycles. The number of benzene rings is 2. The molecule has 0 unspecified atom stereocenters. The zero-order chi connectivity index (χ0) is 17.9. The van der Waals surface area contributed by atoms with Crippen LogP contribution in [0.2, 0.25) is 0 Å². The Kier molecular flexibility index (Phi) is 11.0. The largest absolute Gasteiger partial charge is 2.00 e. The van der Waals surface area contributed by atoms with Gasteiger partial charge in [-0.25, -0.2) is 0 Å². The second-order valence-electron chi connectivity index (χ2n) is 5.26. The molecule has 0 N–H and O–H groups in total. The number of hydrogen-bond acceptors (Lipinski definition) is 6. The van der Waals surface area contributed by atoms with E-state index in [9.17, 15) is 10.2 Å². The molecule has 0 atom stereocenters. The molecule has 0 fully saturated rings. The smallest absolute Gasteiger partial charge is 0.872 e. The molecule has 0 spiro atoms. The third-order valence-corrected chi connectivity index (χ3v) is 2.69. The van der Waals surface area contributed by atoms with Gasteiger partial charge in [0.1, 0.15) is 0 Å². The minimum atomic E-state index is 0. The van der Waals surface area contributed by atoms with Gasteiger partial charge in [0.25, 0.3) is 0 Å². The molecule has 0 aromatic heterocycles. The minimum Gasteiger partial charge on any atom is -0.872 e. The van der Waals surface area contributed by atoms with E-state index in [0.717, 1.165) is 0 Å². The van der Waals surface area contributed by atoms with E-state index < -0.39 is 0 Å². The molecule has 0 radical (unpaired) electrons. The van der Waals surface area contributed by atoms with Crippen LogP contribution in [0.3, 0.4) is 0 Å². The molecule has 0 saturated carbocycles. The van der Waals surface area contributed by atoms with Gasteiger partial charge in [-0.15, -0.1) is 0 Å². The van der Waals surface area contributed by atoms with Crippen molar-refractivity contribution in [1.29, 1.82) is 0 Å². The third kappa shape index (κ3) is 9.52. The van der Waals surface area contributed by atoms with Crippen molar-refractivity contribution in [3.05, 3.63) is 59.7 Å². The molecule has 0 amide bonds. The van der Waals surface area contributed by atoms with Crippen molar-refractivity contribution in [3.63, 3.8) is 0 Å². The Labute approximate surface area is 163 Å². The molecule has 0 bridgehead atoms. The molecule has 2 aromatic rings. The zero-order valence-corrected chi connectivity index (χ0v) is 17.0. The zero-order valence-electron chi connectivity index (χ0n) is 14.7. The van der Waals surface area contributed by atoms with Gasteiger partial charge < -0.3 is 20.2 Å². The van der Waals surface area contributed by atoms with Crippen molar-refractivity contribution in [3.8, 4) is 11.5 Å². The first kappa shape index (κ1) is 22.7. The summed E-state index contributed by atoms with van der Waals surface area (Å²) in [7, 11) is 7.24. The van der Waals surface area contributed by atoms with Gasteiger partial charge >= 0.3 is 21.1 Å². The normalized spacial score (nSPS) is 10.1. The summed E-state index contributed by atoms with van der Waals surface area (Å²) >= 11 is 0. The Morgan fingerprint density at radius 2 is 1.00 bits per heavy atom. The van der Waals surface area contributed by atoms with E-state index in [-0.39, 0.29) is 32.6 Å². The summed E-state index contributed by atoms with van der Waals surface area (Å²) in [6.07, 6.45) is 3.12. The Morgan fingerprint density at radius 1 is 0.680 bits per heavy atom. The number of nitrogens with zero attached hydrogens (tertiary/aromatic N) is 4. The average molecular weight is 521 g/mol. The van der Waals surface area contributed by atoms with Crippen LogP contribution in [0.25, 0.3) is 0 Å². The predicted octanol–water partition coefficient (Wildman–Crippen LogP) is 1.31. The molecule has 2 rings (SSSR count).